The first-order valence-corrected chi connectivity index (χ1v) is 8.84. The van der Waals surface area contributed by atoms with E-state index in [0.717, 1.165) is 0 Å². The lowest BCUT2D eigenvalue weighted by Crippen LogP contribution is -2.22. The largest absolute Gasteiger partial charge is 0.496 e. The Kier molecular flexibility index (Phi) is 5.69. The average molecular weight is 336 g/mol. The molecular weight excluding hydrogens is 315 g/mol. The van der Waals surface area contributed by atoms with Gasteiger partial charge in [0.2, 0.25) is 0 Å². The molecule has 6 heteroatoms. The molecule has 2 rings (SSSR count). The fourth-order valence-electron chi connectivity index (χ4n) is 2.35. The molecule has 2 aromatic rings. The van der Waals surface area contributed by atoms with E-state index in [4.69, 9.17) is 18.7 Å². The summed E-state index contributed by atoms with van der Waals surface area (Å²) in [4.78, 5) is 0. The lowest BCUT2D eigenvalue weighted by molar-refractivity contribution is 0.342. The molecule has 0 radical (unpaired) electrons. The first kappa shape index (κ1) is 17.4. The molecule has 0 spiro atoms. The van der Waals surface area contributed by atoms with Crippen molar-refractivity contribution in [3.05, 3.63) is 42.5 Å². The third-order valence-electron chi connectivity index (χ3n) is 3.39. The third kappa shape index (κ3) is 3.36. The van der Waals surface area contributed by atoms with Crippen molar-refractivity contribution in [2.45, 2.75) is 6.92 Å². The minimum atomic E-state index is -3.37. The quantitative estimate of drug-likeness (QED) is 0.728. The predicted octanol–water partition coefficient (Wildman–Crippen LogP) is 2.98. The van der Waals surface area contributed by atoms with E-state index >= 15 is 0 Å². The lowest BCUT2D eigenvalue weighted by Gasteiger charge is -2.23. The molecule has 0 aliphatic heterocycles. The molecule has 0 aromatic heterocycles. The summed E-state index contributed by atoms with van der Waals surface area (Å²) in [6.45, 7) is 2.10. The second-order valence-electron chi connectivity index (χ2n) is 4.69. The summed E-state index contributed by atoms with van der Waals surface area (Å²) in [6.07, 6.45) is 0. The van der Waals surface area contributed by atoms with Gasteiger partial charge in [-0.15, -0.1) is 0 Å². The summed E-state index contributed by atoms with van der Waals surface area (Å²) in [7, 11) is 1.21. The van der Waals surface area contributed by atoms with Crippen molar-refractivity contribution in [2.75, 3.05) is 27.9 Å². The van der Waals surface area contributed by atoms with Crippen molar-refractivity contribution in [3.8, 4) is 17.2 Å². The molecule has 0 bridgehead atoms. The molecule has 0 saturated carbocycles. The molecule has 0 N–H and O–H groups in total. The zero-order chi connectivity index (χ0) is 16.9. The van der Waals surface area contributed by atoms with Gasteiger partial charge in [0, 0.05) is 17.4 Å². The Morgan fingerprint density at radius 1 is 0.913 bits per heavy atom. The summed E-state index contributed by atoms with van der Waals surface area (Å²) in [5, 5.41) is 0.986. The number of rotatable bonds is 7. The van der Waals surface area contributed by atoms with E-state index in [9.17, 15) is 4.57 Å². The zero-order valence-corrected chi connectivity index (χ0v) is 14.6. The highest BCUT2D eigenvalue weighted by molar-refractivity contribution is 7.74. The Hall–Kier alpha value is -1.97. The summed E-state index contributed by atoms with van der Waals surface area (Å²) >= 11 is 0. The van der Waals surface area contributed by atoms with Gasteiger partial charge in [0.25, 0.3) is 7.37 Å². The highest BCUT2D eigenvalue weighted by Crippen LogP contribution is 2.50. The standard InChI is InChI=1S/C17H21O5P/c1-5-22-23(18,14-9-7-6-8-10-14)17-15(20-3)11-13(19-2)12-16(17)21-4/h6-12H,5H2,1-4H3. The van der Waals surface area contributed by atoms with Crippen LogP contribution in [-0.4, -0.2) is 27.9 Å². The Balaban J connectivity index is 2.76. The van der Waals surface area contributed by atoms with Gasteiger partial charge in [-0.25, -0.2) is 0 Å². The first-order chi connectivity index (χ1) is 11.1. The van der Waals surface area contributed by atoms with E-state index < -0.39 is 7.37 Å². The van der Waals surface area contributed by atoms with Gasteiger partial charge in [-0.3, -0.25) is 4.57 Å². The van der Waals surface area contributed by atoms with E-state index in [0.29, 0.717) is 34.5 Å². The van der Waals surface area contributed by atoms with Gasteiger partial charge in [-0.1, -0.05) is 18.2 Å². The Labute approximate surface area is 136 Å². The minimum Gasteiger partial charge on any atom is -0.496 e. The van der Waals surface area contributed by atoms with Crippen LogP contribution < -0.4 is 24.8 Å². The third-order valence-corrected chi connectivity index (χ3v) is 6.02. The molecule has 124 valence electrons. The van der Waals surface area contributed by atoms with Crippen molar-refractivity contribution in [1.29, 1.82) is 0 Å². The van der Waals surface area contributed by atoms with Crippen LogP contribution in [0.15, 0.2) is 42.5 Å². The van der Waals surface area contributed by atoms with Gasteiger partial charge in [0.15, 0.2) is 0 Å². The van der Waals surface area contributed by atoms with Gasteiger partial charge >= 0.3 is 0 Å². The second-order valence-corrected chi connectivity index (χ2v) is 7.01. The van der Waals surface area contributed by atoms with E-state index in [1.165, 1.54) is 14.2 Å². The summed E-state index contributed by atoms with van der Waals surface area (Å²) in [6, 6.07) is 12.4. The summed E-state index contributed by atoms with van der Waals surface area (Å²) in [5.74, 6) is 1.36. The molecule has 0 aliphatic rings. The van der Waals surface area contributed by atoms with Crippen LogP contribution >= 0.6 is 7.37 Å². The topological polar surface area (TPSA) is 54.0 Å². The van der Waals surface area contributed by atoms with Crippen LogP contribution in [0.3, 0.4) is 0 Å². The highest BCUT2D eigenvalue weighted by atomic mass is 31.2. The van der Waals surface area contributed by atoms with Crippen LogP contribution in [0.5, 0.6) is 17.2 Å². The lowest BCUT2D eigenvalue weighted by atomic mass is 10.3. The van der Waals surface area contributed by atoms with E-state index in [1.54, 1.807) is 38.3 Å². The summed E-state index contributed by atoms with van der Waals surface area (Å²) < 4.78 is 35.6. The molecule has 0 saturated heterocycles. The molecule has 0 amide bonds. The monoisotopic (exact) mass is 336 g/mol. The van der Waals surface area contributed by atoms with Gasteiger partial charge in [-0.2, -0.15) is 0 Å². The van der Waals surface area contributed by atoms with Crippen molar-refractivity contribution in [1.82, 2.24) is 0 Å². The molecule has 1 atom stereocenters. The maximum atomic E-state index is 13.8. The Morgan fingerprint density at radius 2 is 1.48 bits per heavy atom. The fourth-order valence-corrected chi connectivity index (χ4v) is 4.71. The molecule has 0 aliphatic carbocycles. The van der Waals surface area contributed by atoms with Crippen molar-refractivity contribution < 1.29 is 23.3 Å². The van der Waals surface area contributed by atoms with Gasteiger partial charge < -0.3 is 18.7 Å². The van der Waals surface area contributed by atoms with Crippen molar-refractivity contribution in [3.63, 3.8) is 0 Å². The fraction of sp³-hybridized carbons (Fsp3) is 0.294. The van der Waals surface area contributed by atoms with E-state index in [1.807, 2.05) is 18.2 Å². The van der Waals surface area contributed by atoms with E-state index in [-0.39, 0.29) is 0 Å². The van der Waals surface area contributed by atoms with Crippen molar-refractivity contribution >= 4 is 18.0 Å². The maximum Gasteiger partial charge on any atom is 0.268 e. The van der Waals surface area contributed by atoms with Crippen LogP contribution in [0, 0.1) is 0 Å². The molecular formula is C17H21O5P. The van der Waals surface area contributed by atoms with Crippen LogP contribution in [0.4, 0.5) is 0 Å². The molecule has 1 unspecified atom stereocenters. The first-order valence-electron chi connectivity index (χ1n) is 7.21. The maximum absolute atomic E-state index is 13.8. The van der Waals surface area contributed by atoms with Crippen molar-refractivity contribution in [2.24, 2.45) is 0 Å². The minimum absolute atomic E-state index is 0.296. The highest BCUT2D eigenvalue weighted by Gasteiger charge is 2.35. The van der Waals surface area contributed by atoms with Crippen LogP contribution in [0.25, 0.3) is 0 Å². The molecule has 0 heterocycles. The number of hydrogen-bond donors (Lipinski definition) is 0. The zero-order valence-electron chi connectivity index (χ0n) is 13.7. The van der Waals surface area contributed by atoms with E-state index in [2.05, 4.69) is 0 Å². The number of ether oxygens (including phenoxy) is 3. The van der Waals surface area contributed by atoms with Gasteiger partial charge in [0.1, 0.15) is 22.6 Å². The molecule has 5 nitrogen and oxygen atoms in total. The SMILES string of the molecule is CCOP(=O)(c1ccccc1)c1c(OC)cc(OC)cc1OC. The predicted molar refractivity (Wildman–Crippen MR) is 91.0 cm³/mol. The van der Waals surface area contributed by atoms with Gasteiger partial charge in [-0.05, 0) is 19.1 Å². The Morgan fingerprint density at radius 3 is 1.91 bits per heavy atom. The molecule has 0 fully saturated rings. The smallest absolute Gasteiger partial charge is 0.268 e. The molecule has 23 heavy (non-hydrogen) atoms. The summed E-state index contributed by atoms with van der Waals surface area (Å²) in [5.41, 5.74) is 0. The number of methoxy groups -OCH3 is 3. The van der Waals surface area contributed by atoms with Crippen LogP contribution in [0.2, 0.25) is 0 Å². The number of hydrogen-bond acceptors (Lipinski definition) is 5. The van der Waals surface area contributed by atoms with Crippen LogP contribution in [-0.2, 0) is 9.09 Å². The normalized spacial score (nSPS) is 13.2. The average Bonchev–Trinajstić information content (AvgIpc) is 2.61. The molecule has 2 aromatic carbocycles. The number of benzene rings is 2. The second kappa shape index (κ2) is 7.53. The van der Waals surface area contributed by atoms with Gasteiger partial charge in [0.05, 0.1) is 27.9 Å². The van der Waals surface area contributed by atoms with Crippen LogP contribution in [0.1, 0.15) is 6.92 Å². The Bertz CT molecular complexity index is 674.